The van der Waals surface area contributed by atoms with E-state index in [1.807, 2.05) is 0 Å². The van der Waals surface area contributed by atoms with Crippen molar-refractivity contribution in [3.8, 4) is 0 Å². The Morgan fingerprint density at radius 3 is 2.25 bits per heavy atom. The second-order valence-corrected chi connectivity index (χ2v) is 3.17. The third kappa shape index (κ3) is 9.28. The maximum absolute atomic E-state index is 11.1. The maximum atomic E-state index is 11.1. The highest BCUT2D eigenvalue weighted by Gasteiger charge is 2.02. The van der Waals surface area contributed by atoms with Crippen LogP contribution in [0.1, 0.15) is 0 Å². The van der Waals surface area contributed by atoms with E-state index in [1.54, 1.807) is 0 Å². The highest BCUT2D eigenvalue weighted by molar-refractivity contribution is 7.81. The lowest BCUT2D eigenvalue weighted by atomic mass is 10.5. The Balaban J connectivity index is 3.37. The summed E-state index contributed by atoms with van der Waals surface area (Å²) in [4.78, 5) is 31.9. The minimum atomic E-state index is -0.952. The molecule has 7 nitrogen and oxygen atoms in total. The molecule has 0 bridgehead atoms. The molecule has 0 aliphatic carbocycles. The Morgan fingerprint density at radius 2 is 1.69 bits per heavy atom. The maximum Gasteiger partial charge on any atom is 0.317 e. The van der Waals surface area contributed by atoms with Gasteiger partial charge in [0.15, 0.2) is 0 Å². The molecule has 0 rings (SSSR count). The van der Waals surface area contributed by atoms with Gasteiger partial charge in [-0.1, -0.05) is 0 Å². The molecule has 0 aromatic carbocycles. The van der Waals surface area contributed by atoms with Gasteiger partial charge in [0, 0.05) is 13.1 Å². The van der Waals surface area contributed by atoms with Gasteiger partial charge in [-0.25, -0.2) is 0 Å². The largest absolute Gasteiger partial charge is 0.480 e. The van der Waals surface area contributed by atoms with E-state index in [-0.39, 0.29) is 30.7 Å². The SMILES string of the molecule is O=C(O)CNCCNC(=O)CNC(=O)CS. The zero-order valence-electron chi connectivity index (χ0n) is 8.65. The molecule has 0 unspecified atom stereocenters. The number of amides is 2. The van der Waals surface area contributed by atoms with E-state index in [0.29, 0.717) is 13.1 Å². The topological polar surface area (TPSA) is 108 Å². The lowest BCUT2D eigenvalue weighted by molar-refractivity contribution is -0.136. The van der Waals surface area contributed by atoms with Crippen LogP contribution in [-0.2, 0) is 14.4 Å². The van der Waals surface area contributed by atoms with Crippen LogP contribution in [0.4, 0.5) is 0 Å². The predicted molar refractivity (Wildman–Crippen MR) is 60.4 cm³/mol. The van der Waals surface area contributed by atoms with Crippen LogP contribution in [0.3, 0.4) is 0 Å². The summed E-state index contributed by atoms with van der Waals surface area (Å²) in [7, 11) is 0. The number of rotatable bonds is 8. The van der Waals surface area contributed by atoms with E-state index < -0.39 is 5.97 Å². The first-order valence-corrected chi connectivity index (χ1v) is 5.26. The first kappa shape index (κ1) is 14.7. The molecular weight excluding hydrogens is 234 g/mol. The summed E-state index contributed by atoms with van der Waals surface area (Å²) in [5.74, 6) is -1.56. The van der Waals surface area contributed by atoms with Gasteiger partial charge in [0.25, 0.3) is 0 Å². The Kier molecular flexibility index (Phi) is 8.26. The molecule has 0 saturated heterocycles. The number of carbonyl (C=O) groups is 3. The predicted octanol–water partition coefficient (Wildman–Crippen LogP) is -2.18. The normalized spacial score (nSPS) is 9.56. The van der Waals surface area contributed by atoms with Crippen molar-refractivity contribution in [2.24, 2.45) is 0 Å². The van der Waals surface area contributed by atoms with Crippen LogP contribution in [0.15, 0.2) is 0 Å². The van der Waals surface area contributed by atoms with E-state index >= 15 is 0 Å². The van der Waals surface area contributed by atoms with Gasteiger partial charge in [0.05, 0.1) is 18.8 Å². The number of thiol groups is 1. The minimum Gasteiger partial charge on any atom is -0.480 e. The number of hydrogen-bond donors (Lipinski definition) is 5. The summed E-state index contributed by atoms with van der Waals surface area (Å²) in [6.45, 7) is 0.423. The van der Waals surface area contributed by atoms with Crippen molar-refractivity contribution in [1.82, 2.24) is 16.0 Å². The van der Waals surface area contributed by atoms with Crippen molar-refractivity contribution in [2.45, 2.75) is 0 Å². The van der Waals surface area contributed by atoms with Crippen LogP contribution < -0.4 is 16.0 Å². The van der Waals surface area contributed by atoms with Gasteiger partial charge in [0.1, 0.15) is 0 Å². The summed E-state index contributed by atoms with van der Waals surface area (Å²) in [5, 5.41) is 15.7. The number of carbonyl (C=O) groups excluding carboxylic acids is 2. The monoisotopic (exact) mass is 249 g/mol. The van der Waals surface area contributed by atoms with Crippen molar-refractivity contribution in [1.29, 1.82) is 0 Å². The Hall–Kier alpha value is -1.28. The average molecular weight is 249 g/mol. The van der Waals surface area contributed by atoms with Crippen LogP contribution in [0.2, 0.25) is 0 Å². The molecule has 2 amide bonds. The minimum absolute atomic E-state index is 0.0352. The molecule has 92 valence electrons. The molecule has 0 fully saturated rings. The number of hydrogen-bond acceptors (Lipinski definition) is 5. The van der Waals surface area contributed by atoms with E-state index in [2.05, 4.69) is 28.6 Å². The first-order valence-electron chi connectivity index (χ1n) is 4.63. The molecule has 16 heavy (non-hydrogen) atoms. The fraction of sp³-hybridized carbons (Fsp3) is 0.625. The van der Waals surface area contributed by atoms with E-state index in [1.165, 1.54) is 0 Å². The lowest BCUT2D eigenvalue weighted by Gasteiger charge is -2.06. The fourth-order valence-corrected chi connectivity index (χ4v) is 0.895. The van der Waals surface area contributed by atoms with Crippen LogP contribution in [-0.4, -0.2) is 54.8 Å². The molecule has 0 radical (unpaired) electrons. The van der Waals surface area contributed by atoms with Crippen LogP contribution in [0.25, 0.3) is 0 Å². The molecule has 0 heterocycles. The molecule has 0 aliphatic rings. The van der Waals surface area contributed by atoms with Crippen molar-refractivity contribution in [2.75, 3.05) is 31.9 Å². The van der Waals surface area contributed by atoms with Crippen molar-refractivity contribution in [3.05, 3.63) is 0 Å². The number of carboxylic acid groups (broad SMARTS) is 1. The molecule has 0 atom stereocenters. The van der Waals surface area contributed by atoms with E-state index in [0.717, 1.165) is 0 Å². The van der Waals surface area contributed by atoms with Crippen molar-refractivity contribution >= 4 is 30.4 Å². The lowest BCUT2D eigenvalue weighted by Crippen LogP contribution is -2.40. The quantitative estimate of drug-likeness (QED) is 0.248. The highest BCUT2D eigenvalue weighted by Crippen LogP contribution is 1.72. The van der Waals surface area contributed by atoms with Crippen molar-refractivity contribution < 1.29 is 19.5 Å². The number of carboxylic acids is 1. The number of nitrogens with one attached hydrogen (secondary N) is 3. The Labute approximate surface area is 98.4 Å². The summed E-state index contributed by atoms with van der Waals surface area (Å²) < 4.78 is 0. The van der Waals surface area contributed by atoms with Gasteiger partial charge >= 0.3 is 5.97 Å². The van der Waals surface area contributed by atoms with Crippen molar-refractivity contribution in [3.63, 3.8) is 0 Å². The second-order valence-electron chi connectivity index (χ2n) is 2.86. The highest BCUT2D eigenvalue weighted by atomic mass is 32.1. The molecule has 0 spiro atoms. The smallest absolute Gasteiger partial charge is 0.317 e. The van der Waals surface area contributed by atoms with Crippen LogP contribution in [0, 0.1) is 0 Å². The summed E-state index contributed by atoms with van der Waals surface area (Å²) in [6.07, 6.45) is 0. The number of aliphatic carboxylic acids is 1. The molecular formula is C8H15N3O4S. The molecule has 8 heteroatoms. The van der Waals surface area contributed by atoms with Gasteiger partial charge in [-0.15, -0.1) is 0 Å². The molecule has 0 aromatic heterocycles. The third-order valence-corrected chi connectivity index (χ3v) is 1.78. The van der Waals surface area contributed by atoms with Gasteiger partial charge in [-0.2, -0.15) is 12.6 Å². The van der Waals surface area contributed by atoms with Gasteiger partial charge in [-0.05, 0) is 0 Å². The fourth-order valence-electron chi connectivity index (χ4n) is 0.783. The zero-order chi connectivity index (χ0) is 12.4. The third-order valence-electron chi connectivity index (χ3n) is 1.49. The Morgan fingerprint density at radius 1 is 1.00 bits per heavy atom. The van der Waals surface area contributed by atoms with E-state index in [4.69, 9.17) is 5.11 Å². The van der Waals surface area contributed by atoms with Crippen LogP contribution >= 0.6 is 12.6 Å². The van der Waals surface area contributed by atoms with Gasteiger partial charge in [-0.3, -0.25) is 14.4 Å². The summed E-state index contributed by atoms with van der Waals surface area (Å²) >= 11 is 3.73. The molecule has 0 saturated carbocycles. The van der Waals surface area contributed by atoms with Gasteiger partial charge in [0.2, 0.25) is 11.8 Å². The average Bonchev–Trinajstić information content (AvgIpc) is 2.24. The summed E-state index contributed by atoms with van der Waals surface area (Å²) in [6, 6.07) is 0. The summed E-state index contributed by atoms with van der Waals surface area (Å²) in [5.41, 5.74) is 0. The van der Waals surface area contributed by atoms with Gasteiger partial charge < -0.3 is 21.1 Å². The first-order chi connectivity index (χ1) is 7.56. The zero-order valence-corrected chi connectivity index (χ0v) is 9.55. The molecule has 0 aromatic rings. The standard InChI is InChI=1S/C8H15N3O4S/c12-6(3-11-7(13)5-16)10-2-1-9-4-8(14)15/h9,16H,1-5H2,(H,10,12)(H,11,13)(H,14,15). The Bertz CT molecular complexity index is 260. The second kappa shape index (κ2) is 8.98. The molecule has 0 aliphatic heterocycles. The van der Waals surface area contributed by atoms with E-state index in [9.17, 15) is 14.4 Å². The molecule has 4 N–H and O–H groups in total. The van der Waals surface area contributed by atoms with Crippen LogP contribution in [0.5, 0.6) is 0 Å².